The van der Waals surface area contributed by atoms with E-state index < -0.39 is 23.3 Å². The maximum absolute atomic E-state index is 13.7. The Morgan fingerprint density at radius 3 is 2.50 bits per heavy atom. The van der Waals surface area contributed by atoms with Gasteiger partial charge in [0, 0.05) is 6.04 Å². The molecule has 1 fully saturated rings. The lowest BCUT2D eigenvalue weighted by Gasteiger charge is -2.36. The second-order valence-electron chi connectivity index (χ2n) is 7.37. The SMILES string of the molecule is COC(=O)CCOC1CC(Nc2cnn(Cc3ccc(OC)cc3)c(=O)c2C(F)(F)F)C1. The second-order valence-corrected chi connectivity index (χ2v) is 7.37. The van der Waals surface area contributed by atoms with Crippen LogP contribution in [0.1, 0.15) is 30.4 Å². The van der Waals surface area contributed by atoms with Crippen molar-refractivity contribution < 1.29 is 32.2 Å². The molecule has 1 N–H and O–H groups in total. The van der Waals surface area contributed by atoms with Gasteiger partial charge in [0.1, 0.15) is 11.3 Å². The van der Waals surface area contributed by atoms with Crippen molar-refractivity contribution in [3.8, 4) is 5.75 Å². The summed E-state index contributed by atoms with van der Waals surface area (Å²) in [4.78, 5) is 23.7. The molecule has 1 aromatic heterocycles. The Bertz CT molecular complexity index is 986. The standard InChI is InChI=1S/C21H24F3N3O5/c1-30-15-5-3-13(4-6-15)12-27-20(29)19(21(22,23)24)17(11-25-27)26-14-9-16(10-14)32-8-7-18(28)31-2/h3-6,11,14,16,26H,7-10,12H2,1-2H3. The zero-order valence-electron chi connectivity index (χ0n) is 17.6. The van der Waals surface area contributed by atoms with E-state index in [9.17, 15) is 22.8 Å². The van der Waals surface area contributed by atoms with Crippen LogP contribution in [0.5, 0.6) is 5.75 Å². The summed E-state index contributed by atoms with van der Waals surface area (Å²) in [6, 6.07) is 6.32. The highest BCUT2D eigenvalue weighted by atomic mass is 19.4. The molecular weight excluding hydrogens is 431 g/mol. The van der Waals surface area contributed by atoms with Crippen LogP contribution in [0.25, 0.3) is 0 Å². The smallest absolute Gasteiger partial charge is 0.423 e. The Balaban J connectivity index is 1.67. The molecule has 0 saturated heterocycles. The van der Waals surface area contributed by atoms with E-state index in [2.05, 4.69) is 15.2 Å². The summed E-state index contributed by atoms with van der Waals surface area (Å²) in [6.07, 6.45) is -2.97. The van der Waals surface area contributed by atoms with E-state index in [1.165, 1.54) is 14.2 Å². The number of benzene rings is 1. The van der Waals surface area contributed by atoms with Gasteiger partial charge in [-0.15, -0.1) is 0 Å². The number of alkyl halides is 3. The predicted molar refractivity (Wildman–Crippen MR) is 109 cm³/mol. The van der Waals surface area contributed by atoms with Gasteiger partial charge < -0.3 is 19.5 Å². The highest BCUT2D eigenvalue weighted by molar-refractivity contribution is 5.69. The largest absolute Gasteiger partial charge is 0.497 e. The molecule has 11 heteroatoms. The van der Waals surface area contributed by atoms with Crippen molar-refractivity contribution in [1.29, 1.82) is 0 Å². The van der Waals surface area contributed by atoms with Gasteiger partial charge in [-0.05, 0) is 30.5 Å². The number of anilines is 1. The highest BCUT2D eigenvalue weighted by Crippen LogP contribution is 2.34. The van der Waals surface area contributed by atoms with Crippen molar-refractivity contribution in [2.24, 2.45) is 0 Å². The summed E-state index contributed by atoms with van der Waals surface area (Å²) < 4.78 is 56.9. The lowest BCUT2D eigenvalue weighted by molar-refractivity contribution is -0.142. The molecular formula is C21H24F3N3O5. The van der Waals surface area contributed by atoms with Gasteiger partial charge in [0.2, 0.25) is 0 Å². The molecule has 0 aliphatic heterocycles. The van der Waals surface area contributed by atoms with Crippen LogP contribution in [0.2, 0.25) is 0 Å². The third-order valence-corrected chi connectivity index (χ3v) is 5.16. The van der Waals surface area contributed by atoms with E-state index >= 15 is 0 Å². The lowest BCUT2D eigenvalue weighted by Crippen LogP contribution is -2.42. The van der Waals surface area contributed by atoms with Crippen molar-refractivity contribution in [2.75, 3.05) is 26.1 Å². The quantitative estimate of drug-likeness (QED) is 0.582. The van der Waals surface area contributed by atoms with Crippen LogP contribution in [0.3, 0.4) is 0 Å². The van der Waals surface area contributed by atoms with Crippen molar-refractivity contribution >= 4 is 11.7 Å². The molecule has 3 rings (SSSR count). The molecule has 0 bridgehead atoms. The topological polar surface area (TPSA) is 91.7 Å². The molecule has 8 nitrogen and oxygen atoms in total. The molecule has 32 heavy (non-hydrogen) atoms. The number of aromatic nitrogens is 2. The highest BCUT2D eigenvalue weighted by Gasteiger charge is 2.40. The minimum absolute atomic E-state index is 0.105. The maximum Gasteiger partial charge on any atom is 0.423 e. The minimum atomic E-state index is -4.84. The zero-order valence-corrected chi connectivity index (χ0v) is 17.6. The number of hydrogen-bond acceptors (Lipinski definition) is 7. The number of nitrogens with one attached hydrogen (secondary N) is 1. The van der Waals surface area contributed by atoms with E-state index in [-0.39, 0.29) is 37.4 Å². The molecule has 1 heterocycles. The molecule has 0 amide bonds. The third kappa shape index (κ3) is 5.78. The fourth-order valence-electron chi connectivity index (χ4n) is 3.34. The Morgan fingerprint density at radius 1 is 1.22 bits per heavy atom. The van der Waals surface area contributed by atoms with Crippen LogP contribution in [0, 0.1) is 0 Å². The Labute approximate surface area is 182 Å². The van der Waals surface area contributed by atoms with Crippen molar-refractivity contribution in [1.82, 2.24) is 9.78 Å². The van der Waals surface area contributed by atoms with Gasteiger partial charge in [0.15, 0.2) is 0 Å². The number of ether oxygens (including phenoxy) is 3. The summed E-state index contributed by atoms with van der Waals surface area (Å²) in [5.41, 5.74) is -2.24. The van der Waals surface area contributed by atoms with E-state index in [1.807, 2.05) is 0 Å². The lowest BCUT2D eigenvalue weighted by atomic mass is 9.89. The molecule has 0 atom stereocenters. The molecule has 0 unspecified atom stereocenters. The zero-order chi connectivity index (χ0) is 23.3. The first-order valence-electron chi connectivity index (χ1n) is 9.96. The average molecular weight is 455 g/mol. The van der Waals surface area contributed by atoms with Gasteiger partial charge in [-0.25, -0.2) is 4.68 Å². The number of carbonyl (C=O) groups is 1. The average Bonchev–Trinajstić information content (AvgIpc) is 2.73. The summed E-state index contributed by atoms with van der Waals surface area (Å²) in [5.74, 6) is 0.202. The van der Waals surface area contributed by atoms with Gasteiger partial charge in [0.25, 0.3) is 5.56 Å². The fraction of sp³-hybridized carbons (Fsp3) is 0.476. The summed E-state index contributed by atoms with van der Waals surface area (Å²) >= 11 is 0. The molecule has 0 radical (unpaired) electrons. The summed E-state index contributed by atoms with van der Waals surface area (Å²) in [5, 5.41) is 6.68. The molecule has 0 spiro atoms. The maximum atomic E-state index is 13.7. The Hall–Kier alpha value is -3.08. The number of methoxy groups -OCH3 is 2. The van der Waals surface area contributed by atoms with Crippen LogP contribution >= 0.6 is 0 Å². The number of esters is 1. The molecule has 1 aromatic carbocycles. The van der Waals surface area contributed by atoms with Crippen LogP contribution in [-0.2, 0) is 27.0 Å². The first kappa shape index (κ1) is 23.6. The molecule has 1 saturated carbocycles. The number of halogens is 3. The van der Waals surface area contributed by atoms with Crippen LogP contribution in [0.15, 0.2) is 35.3 Å². The second kappa shape index (κ2) is 10.0. The Kier molecular flexibility index (Phi) is 7.39. The number of carbonyl (C=O) groups excluding carboxylic acids is 1. The summed E-state index contributed by atoms with van der Waals surface area (Å²) in [6.45, 7) is 0.0759. The van der Waals surface area contributed by atoms with Gasteiger partial charge in [-0.1, -0.05) is 12.1 Å². The summed E-state index contributed by atoms with van der Waals surface area (Å²) in [7, 11) is 2.78. The molecule has 2 aromatic rings. The first-order valence-corrected chi connectivity index (χ1v) is 9.96. The van der Waals surface area contributed by atoms with Gasteiger partial charge in [0.05, 0.1) is 51.8 Å². The minimum Gasteiger partial charge on any atom is -0.497 e. The number of hydrogen-bond donors (Lipinski definition) is 1. The monoisotopic (exact) mass is 455 g/mol. The normalized spacial score (nSPS) is 18.0. The Morgan fingerprint density at radius 2 is 1.91 bits per heavy atom. The van der Waals surface area contributed by atoms with Crippen LogP contribution in [-0.4, -0.2) is 48.7 Å². The van der Waals surface area contributed by atoms with Gasteiger partial charge >= 0.3 is 12.1 Å². The fourth-order valence-corrected chi connectivity index (χ4v) is 3.34. The number of nitrogens with zero attached hydrogens (tertiary/aromatic N) is 2. The molecule has 1 aliphatic rings. The van der Waals surface area contributed by atoms with E-state index in [4.69, 9.17) is 9.47 Å². The van der Waals surface area contributed by atoms with Crippen molar-refractivity contribution in [3.63, 3.8) is 0 Å². The van der Waals surface area contributed by atoms with Crippen LogP contribution < -0.4 is 15.6 Å². The molecule has 174 valence electrons. The first-order chi connectivity index (χ1) is 15.2. The predicted octanol–water partition coefficient (Wildman–Crippen LogP) is 2.84. The van der Waals surface area contributed by atoms with Gasteiger partial charge in [-0.3, -0.25) is 9.59 Å². The van der Waals surface area contributed by atoms with E-state index in [0.717, 1.165) is 10.9 Å². The van der Waals surface area contributed by atoms with Crippen molar-refractivity contribution in [2.45, 2.75) is 44.1 Å². The third-order valence-electron chi connectivity index (χ3n) is 5.16. The van der Waals surface area contributed by atoms with Crippen molar-refractivity contribution in [3.05, 3.63) is 51.9 Å². The van der Waals surface area contributed by atoms with E-state index in [0.29, 0.717) is 24.2 Å². The molecule has 1 aliphatic carbocycles. The van der Waals surface area contributed by atoms with Crippen LogP contribution in [0.4, 0.5) is 18.9 Å². The number of rotatable bonds is 9. The van der Waals surface area contributed by atoms with E-state index in [1.54, 1.807) is 24.3 Å². The van der Waals surface area contributed by atoms with Gasteiger partial charge in [-0.2, -0.15) is 18.3 Å².